The summed E-state index contributed by atoms with van der Waals surface area (Å²) in [4.78, 5) is 14.3. The molecule has 0 aliphatic heterocycles. The SMILES string of the molecule is CCCCCCNC(=O)CNC1CCC(CN(C)CC(C)C)CC1. The first-order valence-electron chi connectivity index (χ1n) is 10.2. The lowest BCUT2D eigenvalue weighted by Crippen LogP contribution is -2.42. The Labute approximate surface area is 150 Å². The van der Waals surface area contributed by atoms with E-state index in [0.29, 0.717) is 12.6 Å². The Kier molecular flexibility index (Phi) is 11.4. The highest BCUT2D eigenvalue weighted by molar-refractivity contribution is 5.77. The Morgan fingerprint density at radius 2 is 1.83 bits per heavy atom. The van der Waals surface area contributed by atoms with Gasteiger partial charge in [-0.15, -0.1) is 0 Å². The molecule has 4 nitrogen and oxygen atoms in total. The highest BCUT2D eigenvalue weighted by Crippen LogP contribution is 2.25. The molecule has 0 saturated heterocycles. The van der Waals surface area contributed by atoms with E-state index in [1.807, 2.05) is 0 Å². The maximum atomic E-state index is 11.9. The normalized spacial score (nSPS) is 21.4. The van der Waals surface area contributed by atoms with Gasteiger partial charge in [0.05, 0.1) is 6.54 Å². The van der Waals surface area contributed by atoms with E-state index in [-0.39, 0.29) is 5.91 Å². The average molecular weight is 340 g/mol. The van der Waals surface area contributed by atoms with Gasteiger partial charge in [0, 0.05) is 25.7 Å². The van der Waals surface area contributed by atoms with E-state index in [4.69, 9.17) is 0 Å². The first-order chi connectivity index (χ1) is 11.5. The van der Waals surface area contributed by atoms with Crippen molar-refractivity contribution >= 4 is 5.91 Å². The summed E-state index contributed by atoms with van der Waals surface area (Å²) in [5.74, 6) is 1.73. The summed E-state index contributed by atoms with van der Waals surface area (Å²) >= 11 is 0. The van der Waals surface area contributed by atoms with E-state index in [2.05, 4.69) is 43.4 Å². The highest BCUT2D eigenvalue weighted by atomic mass is 16.1. The summed E-state index contributed by atoms with van der Waals surface area (Å²) in [7, 11) is 2.25. The molecule has 0 aromatic carbocycles. The molecule has 1 aliphatic rings. The molecule has 0 bridgehead atoms. The number of carbonyl (C=O) groups is 1. The topological polar surface area (TPSA) is 44.4 Å². The zero-order chi connectivity index (χ0) is 17.8. The van der Waals surface area contributed by atoms with Gasteiger partial charge in [0.15, 0.2) is 0 Å². The summed E-state index contributed by atoms with van der Waals surface area (Å²) in [5.41, 5.74) is 0. The molecule has 1 amide bonds. The van der Waals surface area contributed by atoms with Crippen LogP contribution in [-0.4, -0.2) is 50.1 Å². The summed E-state index contributed by atoms with van der Waals surface area (Å²) in [6.45, 7) is 10.5. The molecule has 0 heterocycles. The third-order valence-corrected chi connectivity index (χ3v) is 5.00. The molecule has 1 aliphatic carbocycles. The van der Waals surface area contributed by atoms with Crippen molar-refractivity contribution in [1.29, 1.82) is 0 Å². The van der Waals surface area contributed by atoms with Crippen LogP contribution < -0.4 is 10.6 Å². The van der Waals surface area contributed by atoms with Crippen molar-refractivity contribution in [1.82, 2.24) is 15.5 Å². The molecule has 1 rings (SSSR count). The number of amides is 1. The fraction of sp³-hybridized carbons (Fsp3) is 0.950. The molecule has 2 N–H and O–H groups in total. The van der Waals surface area contributed by atoms with E-state index in [0.717, 1.165) is 24.8 Å². The molecule has 24 heavy (non-hydrogen) atoms. The average Bonchev–Trinajstić information content (AvgIpc) is 2.53. The van der Waals surface area contributed by atoms with Crippen molar-refractivity contribution in [3.63, 3.8) is 0 Å². The molecule has 0 atom stereocenters. The van der Waals surface area contributed by atoms with Gasteiger partial charge in [-0.2, -0.15) is 0 Å². The zero-order valence-electron chi connectivity index (χ0n) is 16.6. The quantitative estimate of drug-likeness (QED) is 0.536. The lowest BCUT2D eigenvalue weighted by Gasteiger charge is -2.32. The molecular formula is C20H41N3O. The van der Waals surface area contributed by atoms with Crippen molar-refractivity contribution in [2.24, 2.45) is 11.8 Å². The number of hydrogen-bond donors (Lipinski definition) is 2. The summed E-state index contributed by atoms with van der Waals surface area (Å²) < 4.78 is 0. The summed E-state index contributed by atoms with van der Waals surface area (Å²) in [6.07, 6.45) is 9.84. The van der Waals surface area contributed by atoms with Gasteiger partial charge in [-0.05, 0) is 51.0 Å². The fourth-order valence-electron chi connectivity index (χ4n) is 3.77. The second kappa shape index (κ2) is 12.7. The molecule has 1 saturated carbocycles. The first-order valence-corrected chi connectivity index (χ1v) is 10.2. The minimum absolute atomic E-state index is 0.158. The second-order valence-corrected chi connectivity index (χ2v) is 8.12. The Balaban J connectivity index is 2.06. The van der Waals surface area contributed by atoms with Gasteiger partial charge in [-0.25, -0.2) is 0 Å². The van der Waals surface area contributed by atoms with Crippen LogP contribution in [0.15, 0.2) is 0 Å². The molecule has 0 radical (unpaired) electrons. The van der Waals surface area contributed by atoms with Crippen LogP contribution in [0.5, 0.6) is 0 Å². The van der Waals surface area contributed by atoms with E-state index in [1.54, 1.807) is 0 Å². The Morgan fingerprint density at radius 3 is 2.46 bits per heavy atom. The zero-order valence-corrected chi connectivity index (χ0v) is 16.6. The first kappa shape index (κ1) is 21.4. The van der Waals surface area contributed by atoms with Crippen molar-refractivity contribution < 1.29 is 4.79 Å². The maximum Gasteiger partial charge on any atom is 0.233 e. The van der Waals surface area contributed by atoms with E-state index >= 15 is 0 Å². The van der Waals surface area contributed by atoms with Crippen LogP contribution in [0, 0.1) is 11.8 Å². The van der Waals surface area contributed by atoms with Gasteiger partial charge in [0.2, 0.25) is 5.91 Å². The van der Waals surface area contributed by atoms with Crippen LogP contribution in [0.3, 0.4) is 0 Å². The Bertz CT molecular complexity index is 325. The summed E-state index contributed by atoms with van der Waals surface area (Å²) in [6, 6.07) is 0.530. The van der Waals surface area contributed by atoms with Crippen LogP contribution in [0.25, 0.3) is 0 Å². The highest BCUT2D eigenvalue weighted by Gasteiger charge is 2.22. The van der Waals surface area contributed by atoms with Gasteiger partial charge in [-0.3, -0.25) is 4.79 Å². The molecule has 0 aromatic rings. The standard InChI is InChI=1S/C20H41N3O/c1-5-6-7-8-13-21-20(24)14-22-19-11-9-18(10-12-19)16-23(4)15-17(2)3/h17-19,22H,5-16H2,1-4H3,(H,21,24). The largest absolute Gasteiger partial charge is 0.355 e. The molecule has 1 fully saturated rings. The van der Waals surface area contributed by atoms with E-state index < -0.39 is 0 Å². The van der Waals surface area contributed by atoms with Crippen LogP contribution in [0.1, 0.15) is 72.1 Å². The lowest BCUT2D eigenvalue weighted by molar-refractivity contribution is -0.120. The molecule has 4 heteroatoms. The van der Waals surface area contributed by atoms with Crippen molar-refractivity contribution in [2.45, 2.75) is 78.2 Å². The summed E-state index contributed by atoms with van der Waals surface area (Å²) in [5, 5.41) is 6.48. The number of hydrogen-bond acceptors (Lipinski definition) is 3. The number of unbranched alkanes of at least 4 members (excludes halogenated alkanes) is 3. The van der Waals surface area contributed by atoms with Crippen molar-refractivity contribution in [2.75, 3.05) is 33.2 Å². The van der Waals surface area contributed by atoms with Gasteiger partial charge in [-0.1, -0.05) is 40.0 Å². The molecule has 0 aromatic heterocycles. The van der Waals surface area contributed by atoms with Gasteiger partial charge < -0.3 is 15.5 Å². The van der Waals surface area contributed by atoms with Crippen LogP contribution >= 0.6 is 0 Å². The molecule has 0 spiro atoms. The van der Waals surface area contributed by atoms with Gasteiger partial charge >= 0.3 is 0 Å². The van der Waals surface area contributed by atoms with Crippen LogP contribution in [0.2, 0.25) is 0 Å². The van der Waals surface area contributed by atoms with E-state index in [1.165, 1.54) is 58.0 Å². The lowest BCUT2D eigenvalue weighted by atomic mass is 9.85. The number of nitrogens with zero attached hydrogens (tertiary/aromatic N) is 1. The van der Waals surface area contributed by atoms with Gasteiger partial charge in [0.25, 0.3) is 0 Å². The smallest absolute Gasteiger partial charge is 0.233 e. The minimum atomic E-state index is 0.158. The number of rotatable bonds is 12. The monoisotopic (exact) mass is 339 g/mol. The predicted molar refractivity (Wildman–Crippen MR) is 103 cm³/mol. The van der Waals surface area contributed by atoms with Crippen LogP contribution in [-0.2, 0) is 4.79 Å². The Morgan fingerprint density at radius 1 is 1.12 bits per heavy atom. The van der Waals surface area contributed by atoms with Crippen molar-refractivity contribution in [3.05, 3.63) is 0 Å². The number of carbonyl (C=O) groups excluding carboxylic acids is 1. The van der Waals surface area contributed by atoms with E-state index in [9.17, 15) is 4.79 Å². The maximum absolute atomic E-state index is 11.9. The number of nitrogens with one attached hydrogen (secondary N) is 2. The predicted octanol–water partition coefficient (Wildman–Crippen LogP) is 3.42. The molecule has 0 unspecified atom stereocenters. The van der Waals surface area contributed by atoms with Crippen LogP contribution in [0.4, 0.5) is 0 Å². The van der Waals surface area contributed by atoms with Gasteiger partial charge in [0.1, 0.15) is 0 Å². The second-order valence-electron chi connectivity index (χ2n) is 8.12. The third-order valence-electron chi connectivity index (χ3n) is 5.00. The third kappa shape index (κ3) is 10.3. The molecule has 142 valence electrons. The fourth-order valence-corrected chi connectivity index (χ4v) is 3.77. The molecular weight excluding hydrogens is 298 g/mol. The Hall–Kier alpha value is -0.610. The van der Waals surface area contributed by atoms with Crippen molar-refractivity contribution in [3.8, 4) is 0 Å². The minimum Gasteiger partial charge on any atom is -0.355 e.